The predicted octanol–water partition coefficient (Wildman–Crippen LogP) is 3.60. The van der Waals surface area contributed by atoms with Crippen LogP contribution in [0.3, 0.4) is 0 Å². The zero-order valence-electron chi connectivity index (χ0n) is 16.2. The number of hydrogen-bond acceptors (Lipinski definition) is 7. The van der Waals surface area contributed by atoms with Gasteiger partial charge in [-0.05, 0) is 44.6 Å². The van der Waals surface area contributed by atoms with Gasteiger partial charge in [0.05, 0.1) is 28.5 Å². The number of nitrogens with two attached hydrogens (primary N) is 1. The molecule has 156 valence electrons. The van der Waals surface area contributed by atoms with Crippen molar-refractivity contribution in [2.75, 3.05) is 23.4 Å². The van der Waals surface area contributed by atoms with Crippen LogP contribution >= 0.6 is 23.4 Å². The van der Waals surface area contributed by atoms with Gasteiger partial charge in [0.15, 0.2) is 5.79 Å². The molecule has 7 nitrogen and oxygen atoms in total. The van der Waals surface area contributed by atoms with Gasteiger partial charge in [-0.15, -0.1) is 11.8 Å². The standard InChI is InChI=1S/C19H27ClN2O5S/c1-4-5-28-10-6-11(20)16(21)12(7-10)22-13-8-14(25-9-15(23)24)18-17(13)26-19(2,3)27-18/h6-7,13-14,17-18,22H,4-5,8-9,21H2,1-3H3,(H,23,24)/t13-,14+,17+,18-/m1/s1. The van der Waals surface area contributed by atoms with E-state index in [0.717, 1.165) is 22.8 Å². The van der Waals surface area contributed by atoms with Crippen LogP contribution in [0, 0.1) is 0 Å². The Morgan fingerprint density at radius 1 is 1.43 bits per heavy atom. The lowest BCUT2D eigenvalue weighted by Crippen LogP contribution is -2.34. The first-order valence-corrected chi connectivity index (χ1v) is 10.7. The smallest absolute Gasteiger partial charge is 0.329 e. The van der Waals surface area contributed by atoms with Crippen LogP contribution in [-0.4, -0.2) is 53.6 Å². The van der Waals surface area contributed by atoms with E-state index >= 15 is 0 Å². The third-order valence-electron chi connectivity index (χ3n) is 4.75. The van der Waals surface area contributed by atoms with Crippen LogP contribution < -0.4 is 11.1 Å². The first-order valence-electron chi connectivity index (χ1n) is 9.37. The number of thioether (sulfide) groups is 1. The molecule has 1 aromatic carbocycles. The predicted molar refractivity (Wildman–Crippen MR) is 110 cm³/mol. The highest BCUT2D eigenvalue weighted by molar-refractivity contribution is 7.99. The van der Waals surface area contributed by atoms with Crippen molar-refractivity contribution in [2.24, 2.45) is 0 Å². The molecular formula is C19H27ClN2O5S. The highest BCUT2D eigenvalue weighted by atomic mass is 35.5. The van der Waals surface area contributed by atoms with Gasteiger partial charge in [-0.1, -0.05) is 18.5 Å². The molecule has 1 aliphatic carbocycles. The minimum absolute atomic E-state index is 0.143. The number of ether oxygens (including phenoxy) is 3. The summed E-state index contributed by atoms with van der Waals surface area (Å²) in [6, 6.07) is 3.72. The molecule has 0 unspecified atom stereocenters. The highest BCUT2D eigenvalue weighted by Gasteiger charge is 2.54. The van der Waals surface area contributed by atoms with Crippen LogP contribution in [0.5, 0.6) is 0 Å². The molecule has 0 amide bonds. The van der Waals surface area contributed by atoms with Crippen LogP contribution in [0.1, 0.15) is 33.6 Å². The van der Waals surface area contributed by atoms with Crippen molar-refractivity contribution in [3.05, 3.63) is 17.2 Å². The number of carboxylic acids is 1. The normalized spacial score (nSPS) is 28.3. The summed E-state index contributed by atoms with van der Waals surface area (Å²) in [4.78, 5) is 12.0. The summed E-state index contributed by atoms with van der Waals surface area (Å²) < 4.78 is 17.6. The summed E-state index contributed by atoms with van der Waals surface area (Å²) in [5.74, 6) is -0.783. The fourth-order valence-corrected chi connectivity index (χ4v) is 4.76. The number of benzene rings is 1. The molecule has 4 atom stereocenters. The summed E-state index contributed by atoms with van der Waals surface area (Å²) in [5.41, 5.74) is 7.41. The van der Waals surface area contributed by atoms with Gasteiger partial charge in [-0.25, -0.2) is 4.79 Å². The van der Waals surface area contributed by atoms with E-state index in [-0.39, 0.29) is 31.0 Å². The van der Waals surface area contributed by atoms with Crippen molar-refractivity contribution >= 4 is 40.7 Å². The van der Waals surface area contributed by atoms with Crippen LogP contribution in [0.25, 0.3) is 0 Å². The lowest BCUT2D eigenvalue weighted by atomic mass is 10.1. The Balaban J connectivity index is 1.79. The van der Waals surface area contributed by atoms with Crippen molar-refractivity contribution < 1.29 is 24.1 Å². The van der Waals surface area contributed by atoms with E-state index < -0.39 is 11.8 Å². The topological polar surface area (TPSA) is 103 Å². The van der Waals surface area contributed by atoms with Gasteiger partial charge in [-0.2, -0.15) is 0 Å². The maximum absolute atomic E-state index is 10.9. The Morgan fingerprint density at radius 2 is 2.14 bits per heavy atom. The van der Waals surface area contributed by atoms with E-state index in [1.54, 1.807) is 11.8 Å². The van der Waals surface area contributed by atoms with Gasteiger partial charge >= 0.3 is 5.97 Å². The van der Waals surface area contributed by atoms with E-state index in [0.29, 0.717) is 17.1 Å². The minimum Gasteiger partial charge on any atom is -0.480 e. The molecule has 1 saturated heterocycles. The molecule has 0 radical (unpaired) electrons. The number of nitrogen functional groups attached to an aromatic ring is 1. The van der Waals surface area contributed by atoms with Crippen LogP contribution in [0.2, 0.25) is 5.02 Å². The SMILES string of the molecule is CCCSc1cc(Cl)c(N)c(N[C@@H]2C[C@H](OCC(=O)O)[C@H]3OC(C)(C)O[C@H]32)c1. The second-order valence-corrected chi connectivity index (χ2v) is 9.08. The number of carboxylic acid groups (broad SMARTS) is 1. The van der Waals surface area contributed by atoms with Gasteiger partial charge in [0, 0.05) is 4.90 Å². The molecule has 4 N–H and O–H groups in total. The summed E-state index contributed by atoms with van der Waals surface area (Å²) in [5, 5.41) is 12.9. The quantitative estimate of drug-likeness (QED) is 0.424. The second-order valence-electron chi connectivity index (χ2n) is 7.51. The fraction of sp³-hybridized carbons (Fsp3) is 0.632. The van der Waals surface area contributed by atoms with Crippen LogP contribution in [-0.2, 0) is 19.0 Å². The second kappa shape index (κ2) is 8.67. The zero-order valence-corrected chi connectivity index (χ0v) is 17.8. The van der Waals surface area contributed by atoms with Crippen molar-refractivity contribution in [3.8, 4) is 0 Å². The number of anilines is 2. The van der Waals surface area contributed by atoms with Crippen molar-refractivity contribution in [1.82, 2.24) is 0 Å². The average molecular weight is 431 g/mol. The molecule has 28 heavy (non-hydrogen) atoms. The van der Waals surface area contributed by atoms with Crippen LogP contribution in [0.4, 0.5) is 11.4 Å². The van der Waals surface area contributed by atoms with Crippen molar-refractivity contribution in [3.63, 3.8) is 0 Å². The highest BCUT2D eigenvalue weighted by Crippen LogP contribution is 2.42. The molecule has 0 spiro atoms. The fourth-order valence-electron chi connectivity index (χ4n) is 3.63. The summed E-state index contributed by atoms with van der Waals surface area (Å²) >= 11 is 8.05. The molecule has 0 aromatic heterocycles. The molecule has 1 aliphatic heterocycles. The molecule has 0 bridgehead atoms. The number of halogens is 1. The number of aliphatic carboxylic acids is 1. The molecule has 1 heterocycles. The third kappa shape index (κ3) is 4.86. The van der Waals surface area contributed by atoms with Gasteiger partial charge in [-0.3, -0.25) is 0 Å². The molecule has 2 fully saturated rings. The number of carbonyl (C=O) groups is 1. The van der Waals surface area contributed by atoms with Gasteiger partial charge in [0.25, 0.3) is 0 Å². The minimum atomic E-state index is -1.01. The van der Waals surface area contributed by atoms with Crippen LogP contribution in [0.15, 0.2) is 17.0 Å². The first kappa shape index (κ1) is 21.5. The van der Waals surface area contributed by atoms with Gasteiger partial charge in [0.2, 0.25) is 0 Å². The number of hydrogen-bond donors (Lipinski definition) is 3. The maximum Gasteiger partial charge on any atom is 0.329 e. The van der Waals surface area contributed by atoms with E-state index in [1.807, 2.05) is 26.0 Å². The summed E-state index contributed by atoms with van der Waals surface area (Å²) in [7, 11) is 0. The Kier molecular flexibility index (Phi) is 6.66. The Hall–Kier alpha value is -1.19. The Labute approximate surface area is 174 Å². The molecular weight excluding hydrogens is 404 g/mol. The molecule has 1 aromatic rings. The Morgan fingerprint density at radius 3 is 2.82 bits per heavy atom. The number of nitrogens with one attached hydrogen (secondary N) is 1. The first-order chi connectivity index (χ1) is 13.2. The lowest BCUT2D eigenvalue weighted by molar-refractivity contribution is -0.170. The monoisotopic (exact) mass is 430 g/mol. The summed E-state index contributed by atoms with van der Waals surface area (Å²) in [6.07, 6.45) is 0.599. The van der Waals surface area contributed by atoms with E-state index in [4.69, 9.17) is 36.7 Å². The third-order valence-corrected chi connectivity index (χ3v) is 6.24. The van der Waals surface area contributed by atoms with Crippen molar-refractivity contribution in [2.45, 2.75) is 68.6 Å². The van der Waals surface area contributed by atoms with Crippen molar-refractivity contribution in [1.29, 1.82) is 0 Å². The number of rotatable bonds is 8. The lowest BCUT2D eigenvalue weighted by Gasteiger charge is -2.25. The van der Waals surface area contributed by atoms with Gasteiger partial charge in [0.1, 0.15) is 18.8 Å². The maximum atomic E-state index is 10.9. The van der Waals surface area contributed by atoms with E-state index in [1.165, 1.54) is 0 Å². The molecule has 2 aliphatic rings. The zero-order chi connectivity index (χ0) is 20.5. The van der Waals surface area contributed by atoms with Gasteiger partial charge < -0.3 is 30.4 Å². The average Bonchev–Trinajstić information content (AvgIpc) is 3.09. The van der Waals surface area contributed by atoms with E-state index in [2.05, 4.69) is 12.2 Å². The molecule has 1 saturated carbocycles. The molecule has 3 rings (SSSR count). The van der Waals surface area contributed by atoms with E-state index in [9.17, 15) is 4.79 Å². The molecule has 9 heteroatoms. The largest absolute Gasteiger partial charge is 0.480 e. The Bertz CT molecular complexity index is 733. The number of fused-ring (bicyclic) bond motifs is 1. The summed E-state index contributed by atoms with van der Waals surface area (Å²) in [6.45, 7) is 5.43.